The SMILES string of the molecule is Cc1ccc(N(C)CCC(=O)c2ccc(Br)cc2)cc1. The molecule has 0 aromatic heterocycles. The van der Waals surface area contributed by atoms with Crippen LogP contribution < -0.4 is 4.90 Å². The van der Waals surface area contributed by atoms with E-state index in [-0.39, 0.29) is 5.78 Å². The topological polar surface area (TPSA) is 20.3 Å². The molecule has 2 nitrogen and oxygen atoms in total. The lowest BCUT2D eigenvalue weighted by Gasteiger charge is -2.19. The molecule has 0 amide bonds. The molecule has 0 aliphatic heterocycles. The van der Waals surface area contributed by atoms with Gasteiger partial charge in [0.15, 0.2) is 5.78 Å². The molecule has 0 bridgehead atoms. The Morgan fingerprint density at radius 2 is 1.65 bits per heavy atom. The van der Waals surface area contributed by atoms with Gasteiger partial charge in [-0.3, -0.25) is 4.79 Å². The second-order valence-corrected chi connectivity index (χ2v) is 5.85. The maximum atomic E-state index is 12.1. The number of ketones is 1. The molecular weight excluding hydrogens is 314 g/mol. The molecule has 0 atom stereocenters. The molecule has 2 aromatic rings. The fraction of sp³-hybridized carbons (Fsp3) is 0.235. The molecule has 20 heavy (non-hydrogen) atoms. The van der Waals surface area contributed by atoms with Gasteiger partial charge in [0, 0.05) is 35.7 Å². The van der Waals surface area contributed by atoms with Crippen LogP contribution in [-0.2, 0) is 0 Å². The predicted octanol–water partition coefficient (Wildman–Crippen LogP) is 4.47. The van der Waals surface area contributed by atoms with E-state index in [1.165, 1.54) is 5.56 Å². The van der Waals surface area contributed by atoms with E-state index < -0.39 is 0 Å². The van der Waals surface area contributed by atoms with Crippen molar-refractivity contribution in [2.45, 2.75) is 13.3 Å². The number of Topliss-reactive ketones (excluding diaryl/α,β-unsaturated/α-hetero) is 1. The van der Waals surface area contributed by atoms with Crippen LogP contribution >= 0.6 is 15.9 Å². The molecule has 3 heteroatoms. The molecule has 0 aliphatic rings. The van der Waals surface area contributed by atoms with Gasteiger partial charge in [-0.1, -0.05) is 45.8 Å². The Balaban J connectivity index is 1.92. The minimum absolute atomic E-state index is 0.177. The van der Waals surface area contributed by atoms with Crippen LogP contribution in [0.25, 0.3) is 0 Å². The van der Waals surface area contributed by atoms with E-state index in [4.69, 9.17) is 0 Å². The molecule has 104 valence electrons. The molecule has 0 fully saturated rings. The Labute approximate surface area is 128 Å². The standard InChI is InChI=1S/C17H18BrNO/c1-13-3-9-16(10-4-13)19(2)12-11-17(20)14-5-7-15(18)8-6-14/h3-10H,11-12H2,1-2H3. The van der Waals surface area contributed by atoms with Crippen LogP contribution in [0.1, 0.15) is 22.3 Å². The van der Waals surface area contributed by atoms with Crippen LogP contribution in [0.2, 0.25) is 0 Å². The van der Waals surface area contributed by atoms with Gasteiger partial charge in [0.2, 0.25) is 0 Å². The molecule has 0 saturated heterocycles. The van der Waals surface area contributed by atoms with Gasteiger partial charge in [-0.25, -0.2) is 0 Å². The summed E-state index contributed by atoms with van der Waals surface area (Å²) in [6.45, 7) is 2.79. The van der Waals surface area contributed by atoms with Crippen molar-refractivity contribution in [2.75, 3.05) is 18.5 Å². The highest BCUT2D eigenvalue weighted by molar-refractivity contribution is 9.10. The fourth-order valence-electron chi connectivity index (χ4n) is 1.98. The lowest BCUT2D eigenvalue weighted by atomic mass is 10.1. The average molecular weight is 332 g/mol. The average Bonchev–Trinajstić information content (AvgIpc) is 2.46. The van der Waals surface area contributed by atoms with Gasteiger partial charge in [0.1, 0.15) is 0 Å². The number of nitrogens with zero attached hydrogens (tertiary/aromatic N) is 1. The Kier molecular flexibility index (Phi) is 4.96. The number of hydrogen-bond acceptors (Lipinski definition) is 2. The highest BCUT2D eigenvalue weighted by Crippen LogP contribution is 2.15. The van der Waals surface area contributed by atoms with Gasteiger partial charge in [0.25, 0.3) is 0 Å². The molecule has 0 radical (unpaired) electrons. The van der Waals surface area contributed by atoms with Crippen molar-refractivity contribution in [3.63, 3.8) is 0 Å². The third-order valence-corrected chi connectivity index (χ3v) is 3.84. The lowest BCUT2D eigenvalue weighted by Crippen LogP contribution is -2.21. The molecule has 0 heterocycles. The molecule has 0 aliphatic carbocycles. The molecule has 0 N–H and O–H groups in total. The van der Waals surface area contributed by atoms with E-state index in [0.717, 1.165) is 22.3 Å². The monoisotopic (exact) mass is 331 g/mol. The first kappa shape index (κ1) is 14.8. The summed E-state index contributed by atoms with van der Waals surface area (Å²) in [5, 5.41) is 0. The minimum Gasteiger partial charge on any atom is -0.374 e. The summed E-state index contributed by atoms with van der Waals surface area (Å²) in [7, 11) is 2.01. The maximum absolute atomic E-state index is 12.1. The first-order valence-corrected chi connectivity index (χ1v) is 7.42. The van der Waals surface area contributed by atoms with Gasteiger partial charge in [-0.15, -0.1) is 0 Å². The van der Waals surface area contributed by atoms with Crippen LogP contribution in [0.15, 0.2) is 53.0 Å². The Hall–Kier alpha value is -1.61. The summed E-state index contributed by atoms with van der Waals surface area (Å²) in [5.41, 5.74) is 3.15. The van der Waals surface area contributed by atoms with Gasteiger partial charge < -0.3 is 4.90 Å². The van der Waals surface area contributed by atoms with Crippen molar-refractivity contribution in [3.05, 3.63) is 64.1 Å². The number of rotatable bonds is 5. The van der Waals surface area contributed by atoms with Crippen molar-refractivity contribution >= 4 is 27.4 Å². The summed E-state index contributed by atoms with van der Waals surface area (Å²) >= 11 is 3.37. The first-order valence-electron chi connectivity index (χ1n) is 6.63. The summed E-state index contributed by atoms with van der Waals surface area (Å²) in [5.74, 6) is 0.177. The largest absolute Gasteiger partial charge is 0.374 e. The van der Waals surface area contributed by atoms with Crippen molar-refractivity contribution < 1.29 is 4.79 Å². The highest BCUT2D eigenvalue weighted by atomic mass is 79.9. The van der Waals surface area contributed by atoms with E-state index in [9.17, 15) is 4.79 Å². The minimum atomic E-state index is 0.177. The number of anilines is 1. The molecule has 0 unspecified atom stereocenters. The molecule has 2 rings (SSSR count). The van der Waals surface area contributed by atoms with Crippen LogP contribution in [0, 0.1) is 6.92 Å². The fourth-order valence-corrected chi connectivity index (χ4v) is 2.24. The Morgan fingerprint density at radius 3 is 2.25 bits per heavy atom. The van der Waals surface area contributed by atoms with Crippen LogP contribution in [0.3, 0.4) is 0 Å². The van der Waals surface area contributed by atoms with Gasteiger partial charge >= 0.3 is 0 Å². The summed E-state index contributed by atoms with van der Waals surface area (Å²) in [6.07, 6.45) is 0.520. The zero-order valence-electron chi connectivity index (χ0n) is 11.8. The Bertz CT molecular complexity index is 575. The smallest absolute Gasteiger partial charge is 0.164 e. The Morgan fingerprint density at radius 1 is 1.05 bits per heavy atom. The summed E-state index contributed by atoms with van der Waals surface area (Å²) in [4.78, 5) is 14.2. The maximum Gasteiger partial charge on any atom is 0.164 e. The van der Waals surface area contributed by atoms with Crippen LogP contribution in [0.5, 0.6) is 0 Å². The van der Waals surface area contributed by atoms with Crippen LogP contribution in [0.4, 0.5) is 5.69 Å². The second kappa shape index (κ2) is 6.71. The van der Waals surface area contributed by atoms with Crippen molar-refractivity contribution in [2.24, 2.45) is 0 Å². The van der Waals surface area contributed by atoms with Crippen molar-refractivity contribution in [3.8, 4) is 0 Å². The zero-order valence-corrected chi connectivity index (χ0v) is 13.4. The highest BCUT2D eigenvalue weighted by Gasteiger charge is 2.08. The zero-order chi connectivity index (χ0) is 14.5. The van der Waals surface area contributed by atoms with E-state index in [1.54, 1.807) is 0 Å². The van der Waals surface area contributed by atoms with E-state index in [1.807, 2.05) is 31.3 Å². The van der Waals surface area contributed by atoms with E-state index in [0.29, 0.717) is 6.42 Å². The lowest BCUT2D eigenvalue weighted by molar-refractivity contribution is 0.0985. The molecule has 2 aromatic carbocycles. The number of aryl methyl sites for hydroxylation is 1. The van der Waals surface area contributed by atoms with Gasteiger partial charge in [0.05, 0.1) is 0 Å². The molecular formula is C17H18BrNO. The number of carbonyl (C=O) groups is 1. The quantitative estimate of drug-likeness (QED) is 0.753. The van der Waals surface area contributed by atoms with E-state index >= 15 is 0 Å². The third kappa shape index (κ3) is 3.94. The number of halogens is 1. The van der Waals surface area contributed by atoms with Crippen molar-refractivity contribution in [1.82, 2.24) is 0 Å². The van der Waals surface area contributed by atoms with Crippen molar-refractivity contribution in [1.29, 1.82) is 0 Å². The number of hydrogen-bond donors (Lipinski definition) is 0. The van der Waals surface area contributed by atoms with Gasteiger partial charge in [-0.05, 0) is 31.2 Å². The molecule has 0 spiro atoms. The summed E-state index contributed by atoms with van der Waals surface area (Å²) in [6, 6.07) is 15.9. The van der Waals surface area contributed by atoms with Crippen LogP contribution in [-0.4, -0.2) is 19.4 Å². The van der Waals surface area contributed by atoms with Gasteiger partial charge in [-0.2, -0.15) is 0 Å². The number of benzene rings is 2. The normalized spacial score (nSPS) is 10.3. The third-order valence-electron chi connectivity index (χ3n) is 3.32. The van der Waals surface area contributed by atoms with E-state index in [2.05, 4.69) is 52.0 Å². The second-order valence-electron chi connectivity index (χ2n) is 4.94. The predicted molar refractivity (Wildman–Crippen MR) is 87.5 cm³/mol. The summed E-state index contributed by atoms with van der Waals surface area (Å²) < 4.78 is 0.992. The molecule has 0 saturated carbocycles. The first-order chi connectivity index (χ1) is 9.56. The number of carbonyl (C=O) groups excluding carboxylic acids is 1.